The Kier molecular flexibility index (Phi) is 18.7. The second-order valence-corrected chi connectivity index (χ2v) is 10.1. The predicted octanol–water partition coefficient (Wildman–Crippen LogP) is 5.10. The van der Waals surface area contributed by atoms with Crippen LogP contribution in [0.5, 0.6) is 11.5 Å². The first-order valence-electron chi connectivity index (χ1n) is 16.0. The fourth-order valence-corrected chi connectivity index (χ4v) is 4.25. The summed E-state index contributed by atoms with van der Waals surface area (Å²) in [5.41, 5.74) is 9.26. The molecule has 0 atom stereocenters. The second-order valence-electron chi connectivity index (χ2n) is 10.1. The van der Waals surface area contributed by atoms with E-state index in [1.807, 2.05) is 0 Å². The molecular formula is C35H44N4O10. The third-order valence-electron chi connectivity index (χ3n) is 6.58. The molecule has 0 bridgehead atoms. The topological polar surface area (TPSA) is 173 Å². The van der Waals surface area contributed by atoms with Gasteiger partial charge in [0.1, 0.15) is 19.0 Å². The SMILES string of the molecule is C=CCOc1ccc2c(=O)cc(-c3ccc(C(=O)NCCOCCOCCOCCOCCOCCCN=[N+]=[N-])cc3)oc2c1OCC=C. The van der Waals surface area contributed by atoms with E-state index in [0.29, 0.717) is 119 Å². The van der Waals surface area contributed by atoms with E-state index in [4.69, 9.17) is 43.1 Å². The third-order valence-corrected chi connectivity index (χ3v) is 6.58. The van der Waals surface area contributed by atoms with Gasteiger partial charge in [-0.2, -0.15) is 0 Å². The number of ether oxygens (including phenoxy) is 7. The molecule has 2 aromatic carbocycles. The van der Waals surface area contributed by atoms with E-state index in [0.717, 1.165) is 0 Å². The van der Waals surface area contributed by atoms with Crippen LogP contribution in [0.25, 0.3) is 32.7 Å². The van der Waals surface area contributed by atoms with Crippen molar-refractivity contribution in [2.45, 2.75) is 6.42 Å². The standard InChI is InChI=1S/C35H44N4O10/c1-3-14-47-31-11-10-29-30(40)26-32(49-33(29)34(31)48-15-4-2)27-6-8-28(9-7-27)35(41)37-13-17-43-19-21-45-23-25-46-24-22-44-20-18-42-16-5-12-38-39-36/h3-4,6-11,26H,1-2,5,12-25H2,(H,37,41). The van der Waals surface area contributed by atoms with Gasteiger partial charge in [0.25, 0.3) is 5.91 Å². The summed E-state index contributed by atoms with van der Waals surface area (Å²) in [6, 6.07) is 11.4. The fraction of sp³-hybridized carbons (Fsp3) is 0.429. The number of amides is 1. The minimum atomic E-state index is -0.258. The van der Waals surface area contributed by atoms with Crippen molar-refractivity contribution in [3.8, 4) is 22.8 Å². The lowest BCUT2D eigenvalue weighted by Crippen LogP contribution is -2.27. The molecule has 14 nitrogen and oxygen atoms in total. The summed E-state index contributed by atoms with van der Waals surface area (Å²) in [5.74, 6) is 0.772. The molecule has 0 fully saturated rings. The number of rotatable bonds is 27. The van der Waals surface area contributed by atoms with Crippen molar-refractivity contribution in [3.63, 3.8) is 0 Å². The number of carbonyl (C=O) groups is 1. The van der Waals surface area contributed by atoms with Gasteiger partial charge in [0.15, 0.2) is 16.8 Å². The lowest BCUT2D eigenvalue weighted by molar-refractivity contribution is -0.0108. The average molecular weight is 681 g/mol. The van der Waals surface area contributed by atoms with E-state index in [1.54, 1.807) is 48.6 Å². The smallest absolute Gasteiger partial charge is 0.251 e. The highest BCUT2D eigenvalue weighted by molar-refractivity contribution is 5.94. The maximum atomic E-state index is 13.0. The predicted molar refractivity (Wildman–Crippen MR) is 184 cm³/mol. The van der Waals surface area contributed by atoms with Gasteiger partial charge in [-0.25, -0.2) is 0 Å². The zero-order valence-electron chi connectivity index (χ0n) is 27.6. The van der Waals surface area contributed by atoms with Crippen LogP contribution < -0.4 is 20.2 Å². The summed E-state index contributed by atoms with van der Waals surface area (Å²) in [4.78, 5) is 28.3. The van der Waals surface area contributed by atoms with Crippen molar-refractivity contribution < 1.29 is 42.4 Å². The highest BCUT2D eigenvalue weighted by atomic mass is 16.6. The lowest BCUT2D eigenvalue weighted by Gasteiger charge is -2.13. The number of hydrogen-bond acceptors (Lipinski definition) is 11. The number of hydrogen-bond donors (Lipinski definition) is 1. The summed E-state index contributed by atoms with van der Waals surface area (Å²) in [6.45, 7) is 12.9. The Labute approximate surface area is 285 Å². The van der Waals surface area contributed by atoms with Gasteiger partial charge in [-0.05, 0) is 36.2 Å². The second kappa shape index (κ2) is 23.6. The Morgan fingerprint density at radius 2 is 1.41 bits per heavy atom. The van der Waals surface area contributed by atoms with Crippen LogP contribution in [0.2, 0.25) is 0 Å². The molecule has 0 saturated carbocycles. The fourth-order valence-electron chi connectivity index (χ4n) is 4.25. The van der Waals surface area contributed by atoms with Gasteiger partial charge in [-0.1, -0.05) is 42.6 Å². The molecule has 1 N–H and O–H groups in total. The van der Waals surface area contributed by atoms with Crippen molar-refractivity contribution in [2.24, 2.45) is 5.11 Å². The van der Waals surface area contributed by atoms with Crippen molar-refractivity contribution in [3.05, 3.63) is 94.0 Å². The van der Waals surface area contributed by atoms with Crippen LogP contribution in [0.4, 0.5) is 0 Å². The van der Waals surface area contributed by atoms with Crippen LogP contribution in [-0.2, 0) is 23.7 Å². The van der Waals surface area contributed by atoms with Crippen LogP contribution in [0, 0.1) is 0 Å². The molecule has 3 aromatic rings. The summed E-state index contributed by atoms with van der Waals surface area (Å²) in [5, 5.41) is 6.60. The van der Waals surface area contributed by atoms with Gasteiger partial charge in [0, 0.05) is 41.8 Å². The zero-order chi connectivity index (χ0) is 34.9. The highest BCUT2D eigenvalue weighted by Gasteiger charge is 2.17. The molecule has 0 spiro atoms. The number of fused-ring (bicyclic) bond motifs is 1. The maximum Gasteiger partial charge on any atom is 0.251 e. The molecule has 1 aromatic heterocycles. The largest absolute Gasteiger partial charge is 0.486 e. The number of benzene rings is 2. The van der Waals surface area contributed by atoms with E-state index >= 15 is 0 Å². The number of nitrogens with one attached hydrogen (secondary N) is 1. The van der Waals surface area contributed by atoms with Crippen LogP contribution in [0.15, 0.2) is 82.1 Å². The van der Waals surface area contributed by atoms with Crippen molar-refractivity contribution >= 4 is 16.9 Å². The summed E-state index contributed by atoms with van der Waals surface area (Å²) in [6.07, 6.45) is 3.88. The Hall–Kier alpha value is -4.69. The van der Waals surface area contributed by atoms with E-state index in [9.17, 15) is 9.59 Å². The Morgan fingerprint density at radius 1 is 0.816 bits per heavy atom. The molecule has 3 rings (SSSR count). The average Bonchev–Trinajstić information content (AvgIpc) is 3.12. The van der Waals surface area contributed by atoms with Gasteiger partial charge in [-0.15, -0.1) is 0 Å². The molecule has 0 saturated heterocycles. The summed E-state index contributed by atoms with van der Waals surface area (Å²) in [7, 11) is 0. The molecule has 0 unspecified atom stereocenters. The van der Waals surface area contributed by atoms with Crippen LogP contribution in [-0.4, -0.2) is 98.3 Å². The van der Waals surface area contributed by atoms with Gasteiger partial charge in [-0.3, -0.25) is 9.59 Å². The Morgan fingerprint density at radius 3 is 2.02 bits per heavy atom. The quantitative estimate of drug-likeness (QED) is 0.0375. The van der Waals surface area contributed by atoms with Crippen LogP contribution in [0.1, 0.15) is 16.8 Å². The molecular weight excluding hydrogens is 636 g/mol. The highest BCUT2D eigenvalue weighted by Crippen LogP contribution is 2.36. The molecule has 1 amide bonds. The maximum absolute atomic E-state index is 13.0. The molecule has 49 heavy (non-hydrogen) atoms. The van der Waals surface area contributed by atoms with Gasteiger partial charge in [0.2, 0.25) is 5.75 Å². The Balaban J connectivity index is 1.31. The normalized spacial score (nSPS) is 10.8. The summed E-state index contributed by atoms with van der Waals surface area (Å²) < 4.78 is 44.9. The van der Waals surface area contributed by atoms with Crippen LogP contribution in [0.3, 0.4) is 0 Å². The number of nitrogens with zero attached hydrogens (tertiary/aromatic N) is 3. The van der Waals surface area contributed by atoms with Crippen molar-refractivity contribution in [1.29, 1.82) is 0 Å². The molecule has 1 heterocycles. The van der Waals surface area contributed by atoms with E-state index in [1.165, 1.54) is 6.07 Å². The molecule has 0 aliphatic heterocycles. The number of azide groups is 1. The van der Waals surface area contributed by atoms with E-state index in [-0.39, 0.29) is 30.1 Å². The first kappa shape index (κ1) is 38.8. The molecule has 0 radical (unpaired) electrons. The Bertz CT molecular complexity index is 1550. The molecule has 0 aliphatic carbocycles. The van der Waals surface area contributed by atoms with Crippen molar-refractivity contribution in [2.75, 3.05) is 92.4 Å². The van der Waals surface area contributed by atoms with Crippen molar-refractivity contribution in [1.82, 2.24) is 5.32 Å². The third kappa shape index (κ3) is 14.1. The first-order chi connectivity index (χ1) is 24.1. The number of carbonyl (C=O) groups excluding carboxylic acids is 1. The zero-order valence-corrected chi connectivity index (χ0v) is 27.6. The van der Waals surface area contributed by atoms with Gasteiger partial charge in [0.05, 0.1) is 64.8 Å². The molecule has 264 valence electrons. The monoisotopic (exact) mass is 680 g/mol. The minimum Gasteiger partial charge on any atom is -0.486 e. The minimum absolute atomic E-state index is 0.191. The summed E-state index contributed by atoms with van der Waals surface area (Å²) >= 11 is 0. The van der Waals surface area contributed by atoms with E-state index in [2.05, 4.69) is 28.5 Å². The molecule has 0 aliphatic rings. The molecule has 14 heteroatoms. The van der Waals surface area contributed by atoms with E-state index < -0.39 is 0 Å². The first-order valence-corrected chi connectivity index (χ1v) is 16.0. The van der Waals surface area contributed by atoms with Crippen LogP contribution >= 0.6 is 0 Å². The lowest BCUT2D eigenvalue weighted by atomic mass is 10.1. The van der Waals surface area contributed by atoms with Gasteiger partial charge < -0.3 is 42.9 Å². The van der Waals surface area contributed by atoms with Gasteiger partial charge >= 0.3 is 0 Å².